The van der Waals surface area contributed by atoms with Crippen LogP contribution in [0.3, 0.4) is 0 Å². The van der Waals surface area contributed by atoms with Crippen LogP contribution in [0, 0.1) is 6.92 Å². The van der Waals surface area contributed by atoms with E-state index in [2.05, 4.69) is 17.0 Å². The van der Waals surface area contributed by atoms with Crippen LogP contribution < -0.4 is 0 Å². The topological polar surface area (TPSA) is 25.6 Å². The van der Waals surface area contributed by atoms with E-state index < -0.39 is 0 Å². The van der Waals surface area contributed by atoms with Crippen molar-refractivity contribution in [2.75, 3.05) is 19.7 Å². The molecule has 2 fully saturated rings. The minimum absolute atomic E-state index is 0.479. The molecule has 3 rings (SSSR count). The summed E-state index contributed by atoms with van der Waals surface area (Å²) in [5.41, 5.74) is 0. The summed E-state index contributed by atoms with van der Waals surface area (Å²) in [6.45, 7) is 5.36. The maximum atomic E-state index is 5.91. The molecule has 0 N–H and O–H groups in total. The van der Waals surface area contributed by atoms with E-state index in [-0.39, 0.29) is 0 Å². The van der Waals surface area contributed by atoms with Crippen molar-refractivity contribution in [3.63, 3.8) is 0 Å². The Hall–Kier alpha value is -0.800. The lowest BCUT2D eigenvalue weighted by molar-refractivity contribution is 0.0814. The standard InChI is InChI=1S/C17H27NO2/c1-14-8-9-17(20-14)16-7-3-2-4-11-18(16)12-10-15-6-5-13-19-15/h8-9,15-16H,2-7,10-13H2,1H3/t15-,16-/m1/s1. The Kier molecular flexibility index (Phi) is 4.79. The van der Waals surface area contributed by atoms with Crippen molar-refractivity contribution < 1.29 is 9.15 Å². The maximum absolute atomic E-state index is 5.91. The van der Waals surface area contributed by atoms with Crippen molar-refractivity contribution >= 4 is 0 Å². The molecule has 0 spiro atoms. The van der Waals surface area contributed by atoms with Gasteiger partial charge >= 0.3 is 0 Å². The molecule has 1 aromatic rings. The van der Waals surface area contributed by atoms with Gasteiger partial charge in [0.25, 0.3) is 0 Å². The van der Waals surface area contributed by atoms with Gasteiger partial charge in [-0.3, -0.25) is 4.90 Å². The second kappa shape index (κ2) is 6.77. The Balaban J connectivity index is 1.63. The predicted octanol–water partition coefficient (Wildman–Crippen LogP) is 4.07. The molecule has 0 radical (unpaired) electrons. The highest BCUT2D eigenvalue weighted by molar-refractivity contribution is 5.10. The summed E-state index contributed by atoms with van der Waals surface area (Å²) in [5.74, 6) is 2.19. The first kappa shape index (κ1) is 14.2. The lowest BCUT2D eigenvalue weighted by atomic mass is 10.1. The van der Waals surface area contributed by atoms with Gasteiger partial charge < -0.3 is 9.15 Å². The second-order valence-electron chi connectivity index (χ2n) is 6.27. The van der Waals surface area contributed by atoms with Gasteiger partial charge in [0, 0.05) is 13.2 Å². The second-order valence-corrected chi connectivity index (χ2v) is 6.27. The van der Waals surface area contributed by atoms with E-state index in [1.807, 2.05) is 6.92 Å². The van der Waals surface area contributed by atoms with Crippen LogP contribution in [0.15, 0.2) is 16.5 Å². The summed E-state index contributed by atoms with van der Waals surface area (Å²) < 4.78 is 11.7. The molecule has 0 saturated carbocycles. The number of aryl methyl sites for hydroxylation is 1. The molecule has 0 aromatic carbocycles. The fraction of sp³-hybridized carbons (Fsp3) is 0.765. The Morgan fingerprint density at radius 2 is 2.10 bits per heavy atom. The molecule has 1 aromatic heterocycles. The van der Waals surface area contributed by atoms with Crippen LogP contribution in [0.2, 0.25) is 0 Å². The zero-order chi connectivity index (χ0) is 13.8. The highest BCUT2D eigenvalue weighted by Crippen LogP contribution is 2.31. The molecule has 3 heterocycles. The van der Waals surface area contributed by atoms with Crippen LogP contribution in [-0.2, 0) is 4.74 Å². The summed E-state index contributed by atoms with van der Waals surface area (Å²) in [6, 6.07) is 4.75. The first-order valence-electron chi connectivity index (χ1n) is 8.25. The zero-order valence-corrected chi connectivity index (χ0v) is 12.6. The van der Waals surface area contributed by atoms with Crippen LogP contribution in [0.1, 0.15) is 62.5 Å². The van der Waals surface area contributed by atoms with Crippen molar-refractivity contribution in [3.05, 3.63) is 23.7 Å². The zero-order valence-electron chi connectivity index (χ0n) is 12.6. The minimum atomic E-state index is 0.479. The number of ether oxygens (including phenoxy) is 1. The lowest BCUT2D eigenvalue weighted by Gasteiger charge is -2.29. The molecule has 0 unspecified atom stereocenters. The van der Waals surface area contributed by atoms with Gasteiger partial charge in [-0.25, -0.2) is 0 Å². The molecule has 0 bridgehead atoms. The maximum Gasteiger partial charge on any atom is 0.121 e. The fourth-order valence-corrected chi connectivity index (χ4v) is 3.57. The SMILES string of the molecule is Cc1ccc([C@H]2CCCCCN2CC[C@H]2CCCO2)o1. The molecule has 2 atom stereocenters. The van der Waals surface area contributed by atoms with E-state index in [0.717, 1.165) is 24.7 Å². The van der Waals surface area contributed by atoms with Gasteiger partial charge in [-0.15, -0.1) is 0 Å². The van der Waals surface area contributed by atoms with E-state index in [9.17, 15) is 0 Å². The van der Waals surface area contributed by atoms with Crippen LogP contribution in [0.4, 0.5) is 0 Å². The first-order valence-corrected chi connectivity index (χ1v) is 8.25. The molecule has 2 aliphatic rings. The molecule has 112 valence electrons. The summed E-state index contributed by atoms with van der Waals surface area (Å²) in [6.07, 6.45) is 9.39. The number of likely N-dealkylation sites (tertiary alicyclic amines) is 1. The smallest absolute Gasteiger partial charge is 0.121 e. The largest absolute Gasteiger partial charge is 0.465 e. The average Bonchev–Trinajstić information content (AvgIpc) is 3.05. The minimum Gasteiger partial charge on any atom is -0.465 e. The Morgan fingerprint density at radius 3 is 2.85 bits per heavy atom. The third-order valence-electron chi connectivity index (χ3n) is 4.72. The first-order chi connectivity index (χ1) is 9.83. The normalized spacial score (nSPS) is 28.6. The molecule has 3 heteroatoms. The Labute approximate surface area is 122 Å². The Bertz CT molecular complexity index is 409. The van der Waals surface area contributed by atoms with E-state index in [0.29, 0.717) is 12.1 Å². The summed E-state index contributed by atoms with van der Waals surface area (Å²) >= 11 is 0. The van der Waals surface area contributed by atoms with Crippen molar-refractivity contribution in [2.45, 2.75) is 64.0 Å². The number of nitrogens with zero attached hydrogens (tertiary/aromatic N) is 1. The van der Waals surface area contributed by atoms with E-state index in [4.69, 9.17) is 9.15 Å². The molecule has 20 heavy (non-hydrogen) atoms. The van der Waals surface area contributed by atoms with Gasteiger partial charge in [0.05, 0.1) is 12.1 Å². The van der Waals surface area contributed by atoms with Gasteiger partial charge in [-0.2, -0.15) is 0 Å². The molecule has 2 saturated heterocycles. The van der Waals surface area contributed by atoms with E-state index in [1.54, 1.807) is 0 Å². The average molecular weight is 277 g/mol. The monoisotopic (exact) mass is 277 g/mol. The van der Waals surface area contributed by atoms with Crippen molar-refractivity contribution in [1.82, 2.24) is 4.90 Å². The molecule has 0 amide bonds. The van der Waals surface area contributed by atoms with Crippen molar-refractivity contribution in [2.24, 2.45) is 0 Å². The van der Waals surface area contributed by atoms with Gasteiger partial charge in [0.2, 0.25) is 0 Å². The summed E-state index contributed by atoms with van der Waals surface area (Å²) in [5, 5.41) is 0. The van der Waals surface area contributed by atoms with Crippen LogP contribution in [0.5, 0.6) is 0 Å². The van der Waals surface area contributed by atoms with Gasteiger partial charge in [0.15, 0.2) is 0 Å². The highest BCUT2D eigenvalue weighted by atomic mass is 16.5. The molecular weight excluding hydrogens is 250 g/mol. The van der Waals surface area contributed by atoms with Gasteiger partial charge in [-0.1, -0.05) is 12.8 Å². The number of hydrogen-bond acceptors (Lipinski definition) is 3. The van der Waals surface area contributed by atoms with Crippen LogP contribution >= 0.6 is 0 Å². The summed E-state index contributed by atoms with van der Waals surface area (Å²) in [4.78, 5) is 2.63. The van der Waals surface area contributed by atoms with E-state index >= 15 is 0 Å². The van der Waals surface area contributed by atoms with Gasteiger partial charge in [-0.05, 0) is 57.7 Å². The molecule has 3 nitrogen and oxygen atoms in total. The predicted molar refractivity (Wildman–Crippen MR) is 79.8 cm³/mol. The van der Waals surface area contributed by atoms with Crippen molar-refractivity contribution in [3.8, 4) is 0 Å². The number of rotatable bonds is 4. The summed E-state index contributed by atoms with van der Waals surface area (Å²) in [7, 11) is 0. The molecule has 2 aliphatic heterocycles. The third kappa shape index (κ3) is 3.44. The third-order valence-corrected chi connectivity index (χ3v) is 4.72. The van der Waals surface area contributed by atoms with E-state index in [1.165, 1.54) is 51.5 Å². The fourth-order valence-electron chi connectivity index (χ4n) is 3.57. The molecule has 0 aliphatic carbocycles. The number of furan rings is 1. The van der Waals surface area contributed by atoms with Crippen LogP contribution in [0.25, 0.3) is 0 Å². The van der Waals surface area contributed by atoms with Gasteiger partial charge in [0.1, 0.15) is 11.5 Å². The lowest BCUT2D eigenvalue weighted by Crippen LogP contribution is -2.31. The Morgan fingerprint density at radius 1 is 1.15 bits per heavy atom. The van der Waals surface area contributed by atoms with Crippen molar-refractivity contribution in [1.29, 1.82) is 0 Å². The molecular formula is C17H27NO2. The van der Waals surface area contributed by atoms with Crippen LogP contribution in [-0.4, -0.2) is 30.7 Å². The highest BCUT2D eigenvalue weighted by Gasteiger charge is 2.26. The number of hydrogen-bond donors (Lipinski definition) is 0. The quantitative estimate of drug-likeness (QED) is 0.829.